The van der Waals surface area contributed by atoms with Crippen LogP contribution in [0.4, 0.5) is 0 Å². The minimum absolute atomic E-state index is 0.139. The third-order valence-electron chi connectivity index (χ3n) is 3.15. The van der Waals surface area contributed by atoms with Crippen LogP contribution in [0.15, 0.2) is 18.6 Å². The van der Waals surface area contributed by atoms with Crippen molar-refractivity contribution in [3.8, 4) is 5.82 Å². The zero-order valence-corrected chi connectivity index (χ0v) is 11.9. The van der Waals surface area contributed by atoms with Crippen molar-refractivity contribution in [1.82, 2.24) is 19.7 Å². The van der Waals surface area contributed by atoms with E-state index in [9.17, 15) is 9.90 Å². The topological polar surface area (TPSA) is 80.9 Å². The molecule has 0 fully saturated rings. The largest absolute Gasteiger partial charge is 0.476 e. The predicted molar refractivity (Wildman–Crippen MR) is 74.0 cm³/mol. The van der Waals surface area contributed by atoms with Gasteiger partial charge in [0.25, 0.3) is 0 Å². The van der Waals surface area contributed by atoms with Gasteiger partial charge in [-0.15, -0.1) is 0 Å². The zero-order valence-electron chi connectivity index (χ0n) is 11.9. The van der Waals surface area contributed by atoms with Crippen LogP contribution in [0.2, 0.25) is 0 Å². The number of carbonyl (C=O) groups is 1. The van der Waals surface area contributed by atoms with E-state index in [2.05, 4.69) is 22.0 Å². The normalized spacial score (nSPS) is 16.2. The molecule has 1 aliphatic carbocycles. The van der Waals surface area contributed by atoms with Crippen molar-refractivity contribution in [2.45, 2.75) is 33.6 Å². The molecule has 0 aliphatic heterocycles. The number of carboxylic acid groups (broad SMARTS) is 1. The molecule has 0 radical (unpaired) electrons. The Morgan fingerprint density at radius 1 is 1.35 bits per heavy atom. The second kappa shape index (κ2) is 5.81. The Balaban J connectivity index is 0.000000704. The molecule has 1 atom stereocenters. The molecule has 0 saturated carbocycles. The summed E-state index contributed by atoms with van der Waals surface area (Å²) in [5.41, 5.74) is 1.92. The molecule has 6 nitrogen and oxygen atoms in total. The average Bonchev–Trinajstić information content (AvgIpc) is 2.99. The van der Waals surface area contributed by atoms with Crippen molar-refractivity contribution in [2.75, 3.05) is 0 Å². The van der Waals surface area contributed by atoms with E-state index in [-0.39, 0.29) is 5.69 Å². The number of fused-ring (bicyclic) bond motifs is 1. The molecule has 6 heteroatoms. The highest BCUT2D eigenvalue weighted by atomic mass is 16.4. The van der Waals surface area contributed by atoms with Crippen molar-refractivity contribution < 1.29 is 9.90 Å². The lowest BCUT2D eigenvalue weighted by Crippen LogP contribution is -2.08. The fraction of sp³-hybridized carbons (Fsp3) is 0.429. The molecule has 20 heavy (non-hydrogen) atoms. The molecule has 1 unspecified atom stereocenters. The summed E-state index contributed by atoms with van der Waals surface area (Å²) in [5, 5.41) is 13.3. The molecular weight excluding hydrogens is 256 g/mol. The molecule has 1 N–H and O–H groups in total. The summed E-state index contributed by atoms with van der Waals surface area (Å²) in [6.07, 6.45) is 6.32. The van der Waals surface area contributed by atoms with E-state index in [1.165, 1.54) is 0 Å². The fourth-order valence-corrected chi connectivity index (χ4v) is 2.42. The summed E-state index contributed by atoms with van der Waals surface area (Å²) in [7, 11) is 0. The maximum absolute atomic E-state index is 11.2. The summed E-state index contributed by atoms with van der Waals surface area (Å²) < 4.78 is 1.61. The first kappa shape index (κ1) is 14.2. The standard InChI is InChI=1S/C12H12N4O2.C2H6/c1-7-4-8-9(5-7)16(15-11(8)12(17)18)10-6-13-2-3-14-10;1-2/h2-3,6-7H,4-5H2,1H3,(H,17,18);1-2H3. The van der Waals surface area contributed by atoms with Gasteiger partial charge in [-0.05, 0) is 18.8 Å². The molecule has 0 spiro atoms. The number of aromatic nitrogens is 4. The fourth-order valence-electron chi connectivity index (χ4n) is 2.42. The molecule has 2 aromatic heterocycles. The minimum Gasteiger partial charge on any atom is -0.476 e. The molecular formula is C14H18N4O2. The van der Waals surface area contributed by atoms with E-state index < -0.39 is 5.97 Å². The monoisotopic (exact) mass is 274 g/mol. The smallest absolute Gasteiger partial charge is 0.356 e. The summed E-state index contributed by atoms with van der Waals surface area (Å²) in [4.78, 5) is 19.4. The quantitative estimate of drug-likeness (QED) is 0.907. The first-order valence-corrected chi connectivity index (χ1v) is 6.77. The van der Waals surface area contributed by atoms with Crippen molar-refractivity contribution in [1.29, 1.82) is 0 Å². The summed E-state index contributed by atoms with van der Waals surface area (Å²) in [5.74, 6) is 0.0253. The van der Waals surface area contributed by atoms with Gasteiger partial charge >= 0.3 is 5.97 Å². The molecule has 3 rings (SSSR count). The van der Waals surface area contributed by atoms with Crippen LogP contribution >= 0.6 is 0 Å². The first-order chi connectivity index (χ1) is 9.66. The van der Waals surface area contributed by atoms with Crippen LogP contribution < -0.4 is 0 Å². The maximum Gasteiger partial charge on any atom is 0.356 e. The molecule has 0 saturated heterocycles. The van der Waals surface area contributed by atoms with Gasteiger partial charge in [-0.2, -0.15) is 5.10 Å². The van der Waals surface area contributed by atoms with Crippen LogP contribution in [-0.4, -0.2) is 30.8 Å². The van der Waals surface area contributed by atoms with E-state index >= 15 is 0 Å². The second-order valence-electron chi connectivity index (χ2n) is 4.57. The number of hydrogen-bond donors (Lipinski definition) is 1. The predicted octanol–water partition coefficient (Wildman–Crippen LogP) is 2.12. The lowest BCUT2D eigenvalue weighted by Gasteiger charge is -2.04. The number of hydrogen-bond acceptors (Lipinski definition) is 4. The van der Waals surface area contributed by atoms with E-state index in [4.69, 9.17) is 0 Å². The van der Waals surface area contributed by atoms with Gasteiger partial charge in [-0.25, -0.2) is 14.5 Å². The summed E-state index contributed by atoms with van der Waals surface area (Å²) in [6.45, 7) is 6.10. The molecule has 0 amide bonds. The summed E-state index contributed by atoms with van der Waals surface area (Å²) in [6, 6.07) is 0. The molecule has 106 valence electrons. The zero-order chi connectivity index (χ0) is 14.7. The lowest BCUT2D eigenvalue weighted by molar-refractivity contribution is 0.0688. The number of carboxylic acids is 1. The maximum atomic E-state index is 11.2. The van der Waals surface area contributed by atoms with Gasteiger partial charge in [-0.3, -0.25) is 4.98 Å². The highest BCUT2D eigenvalue weighted by molar-refractivity contribution is 5.87. The van der Waals surface area contributed by atoms with Crippen LogP contribution in [0.5, 0.6) is 0 Å². The number of nitrogens with zero attached hydrogens (tertiary/aromatic N) is 4. The van der Waals surface area contributed by atoms with Crippen LogP contribution in [-0.2, 0) is 12.8 Å². The van der Waals surface area contributed by atoms with Gasteiger partial charge in [-0.1, -0.05) is 20.8 Å². The Morgan fingerprint density at radius 3 is 2.70 bits per heavy atom. The first-order valence-electron chi connectivity index (χ1n) is 6.77. The highest BCUT2D eigenvalue weighted by Crippen LogP contribution is 2.30. The third-order valence-corrected chi connectivity index (χ3v) is 3.15. The molecule has 1 aliphatic rings. The van der Waals surface area contributed by atoms with Gasteiger partial charge in [0.15, 0.2) is 11.5 Å². The number of aromatic carboxylic acids is 1. The van der Waals surface area contributed by atoms with Gasteiger partial charge in [0, 0.05) is 18.0 Å². The van der Waals surface area contributed by atoms with Crippen LogP contribution in [0.1, 0.15) is 42.5 Å². The van der Waals surface area contributed by atoms with Crippen molar-refractivity contribution >= 4 is 5.97 Å². The lowest BCUT2D eigenvalue weighted by atomic mass is 10.1. The van der Waals surface area contributed by atoms with Crippen LogP contribution in [0, 0.1) is 5.92 Å². The SMILES string of the molecule is CC.CC1Cc2c(C(=O)O)nn(-c3cnccn3)c2C1. The van der Waals surface area contributed by atoms with Crippen LogP contribution in [0.25, 0.3) is 5.82 Å². The number of rotatable bonds is 2. The van der Waals surface area contributed by atoms with E-state index in [1.807, 2.05) is 13.8 Å². The molecule has 0 bridgehead atoms. The van der Waals surface area contributed by atoms with Gasteiger partial charge in [0.1, 0.15) is 0 Å². The van der Waals surface area contributed by atoms with Crippen molar-refractivity contribution in [2.24, 2.45) is 5.92 Å². The Labute approximate surface area is 117 Å². The van der Waals surface area contributed by atoms with Gasteiger partial charge in [0.05, 0.1) is 11.9 Å². The van der Waals surface area contributed by atoms with Gasteiger partial charge in [0.2, 0.25) is 0 Å². The Morgan fingerprint density at radius 2 is 2.10 bits per heavy atom. The average molecular weight is 274 g/mol. The molecule has 2 heterocycles. The van der Waals surface area contributed by atoms with Crippen molar-refractivity contribution in [3.05, 3.63) is 35.5 Å². The minimum atomic E-state index is -0.983. The van der Waals surface area contributed by atoms with Crippen molar-refractivity contribution in [3.63, 3.8) is 0 Å². The van der Waals surface area contributed by atoms with E-state index in [1.54, 1.807) is 23.3 Å². The Hall–Kier alpha value is -2.24. The van der Waals surface area contributed by atoms with Crippen LogP contribution in [0.3, 0.4) is 0 Å². The van der Waals surface area contributed by atoms with E-state index in [0.717, 1.165) is 24.1 Å². The second-order valence-corrected chi connectivity index (χ2v) is 4.57. The molecule has 2 aromatic rings. The van der Waals surface area contributed by atoms with Gasteiger partial charge < -0.3 is 5.11 Å². The Bertz CT molecular complexity index is 607. The summed E-state index contributed by atoms with van der Waals surface area (Å²) >= 11 is 0. The third kappa shape index (κ3) is 2.41. The molecule has 0 aromatic carbocycles. The van der Waals surface area contributed by atoms with E-state index in [0.29, 0.717) is 11.7 Å². The Kier molecular flexibility index (Phi) is 4.12. The highest BCUT2D eigenvalue weighted by Gasteiger charge is 2.30.